The van der Waals surface area contributed by atoms with Gasteiger partial charge in [0.05, 0.1) is 6.61 Å². The summed E-state index contributed by atoms with van der Waals surface area (Å²) in [6, 6.07) is 0. The SMILES string of the molecule is CCNC(=NCC(C)C)N(C)CCOCC1CC1.I. The van der Waals surface area contributed by atoms with Gasteiger partial charge in [0.1, 0.15) is 0 Å². The fourth-order valence-electron chi connectivity index (χ4n) is 1.58. The summed E-state index contributed by atoms with van der Waals surface area (Å²) < 4.78 is 5.66. The molecule has 0 heterocycles. The summed E-state index contributed by atoms with van der Waals surface area (Å²) in [6.07, 6.45) is 2.71. The molecule has 0 radical (unpaired) electrons. The highest BCUT2D eigenvalue weighted by molar-refractivity contribution is 14.0. The number of nitrogens with zero attached hydrogens (tertiary/aromatic N) is 2. The summed E-state index contributed by atoms with van der Waals surface area (Å²) in [6.45, 7) is 10.9. The van der Waals surface area contributed by atoms with Crippen LogP contribution in [0.1, 0.15) is 33.6 Å². The highest BCUT2D eigenvalue weighted by atomic mass is 127. The van der Waals surface area contributed by atoms with Gasteiger partial charge >= 0.3 is 0 Å². The van der Waals surface area contributed by atoms with Gasteiger partial charge in [-0.1, -0.05) is 13.8 Å². The van der Waals surface area contributed by atoms with E-state index in [1.165, 1.54) is 12.8 Å². The molecule has 19 heavy (non-hydrogen) atoms. The van der Waals surface area contributed by atoms with Gasteiger partial charge in [-0.2, -0.15) is 0 Å². The third-order valence-electron chi connectivity index (χ3n) is 2.92. The van der Waals surface area contributed by atoms with Crippen LogP contribution >= 0.6 is 24.0 Å². The zero-order valence-corrected chi connectivity index (χ0v) is 15.1. The highest BCUT2D eigenvalue weighted by Crippen LogP contribution is 2.28. The van der Waals surface area contributed by atoms with Gasteiger partial charge in [-0.15, -0.1) is 24.0 Å². The topological polar surface area (TPSA) is 36.9 Å². The van der Waals surface area contributed by atoms with E-state index in [1.54, 1.807) is 0 Å². The Kier molecular flexibility index (Phi) is 10.7. The molecule has 114 valence electrons. The highest BCUT2D eigenvalue weighted by Gasteiger charge is 2.21. The minimum atomic E-state index is 0. The normalized spacial score (nSPS) is 15.3. The van der Waals surface area contributed by atoms with Gasteiger partial charge in [0.15, 0.2) is 5.96 Å². The van der Waals surface area contributed by atoms with Crippen LogP contribution in [-0.2, 0) is 4.74 Å². The molecule has 1 saturated carbocycles. The quantitative estimate of drug-likeness (QED) is 0.303. The zero-order chi connectivity index (χ0) is 13.4. The Bertz CT molecular complexity index is 255. The zero-order valence-electron chi connectivity index (χ0n) is 12.8. The molecule has 0 amide bonds. The third-order valence-corrected chi connectivity index (χ3v) is 2.92. The lowest BCUT2D eigenvalue weighted by Crippen LogP contribution is -2.40. The smallest absolute Gasteiger partial charge is 0.193 e. The average Bonchev–Trinajstić information content (AvgIpc) is 3.13. The number of hydrogen-bond acceptors (Lipinski definition) is 2. The molecule has 4 nitrogen and oxygen atoms in total. The summed E-state index contributed by atoms with van der Waals surface area (Å²) in [7, 11) is 2.07. The van der Waals surface area contributed by atoms with Crippen LogP contribution in [0.2, 0.25) is 0 Å². The molecule has 0 aliphatic heterocycles. The Morgan fingerprint density at radius 1 is 1.42 bits per heavy atom. The van der Waals surface area contributed by atoms with E-state index in [1.807, 2.05) is 0 Å². The number of ether oxygens (including phenoxy) is 1. The van der Waals surface area contributed by atoms with Crippen molar-refractivity contribution >= 4 is 29.9 Å². The van der Waals surface area contributed by atoms with E-state index in [-0.39, 0.29) is 24.0 Å². The molecule has 0 bridgehead atoms. The number of nitrogens with one attached hydrogen (secondary N) is 1. The average molecular weight is 383 g/mol. The molecule has 0 aromatic heterocycles. The molecule has 0 aromatic rings. The number of likely N-dealkylation sites (N-methyl/N-ethyl adjacent to an activating group) is 1. The molecule has 1 aliphatic carbocycles. The molecule has 0 spiro atoms. The van der Waals surface area contributed by atoms with E-state index in [9.17, 15) is 0 Å². The molecule has 1 aliphatic rings. The van der Waals surface area contributed by atoms with Crippen molar-refractivity contribution in [2.75, 3.05) is 39.9 Å². The fraction of sp³-hybridized carbons (Fsp3) is 0.929. The number of aliphatic imine (C=N–C) groups is 1. The molecule has 1 N–H and O–H groups in total. The van der Waals surface area contributed by atoms with Crippen LogP contribution in [0.15, 0.2) is 4.99 Å². The molecular weight excluding hydrogens is 353 g/mol. The van der Waals surface area contributed by atoms with Crippen LogP contribution in [0.25, 0.3) is 0 Å². The van der Waals surface area contributed by atoms with Crippen molar-refractivity contribution in [1.82, 2.24) is 10.2 Å². The first-order valence-electron chi connectivity index (χ1n) is 7.20. The van der Waals surface area contributed by atoms with Gasteiger partial charge in [0.2, 0.25) is 0 Å². The van der Waals surface area contributed by atoms with Gasteiger partial charge in [-0.05, 0) is 31.6 Å². The second-order valence-corrected chi connectivity index (χ2v) is 5.53. The minimum absolute atomic E-state index is 0. The molecule has 0 saturated heterocycles. The second-order valence-electron chi connectivity index (χ2n) is 5.53. The van der Waals surface area contributed by atoms with Crippen LogP contribution in [0.5, 0.6) is 0 Å². The summed E-state index contributed by atoms with van der Waals surface area (Å²) >= 11 is 0. The van der Waals surface area contributed by atoms with E-state index in [2.05, 4.69) is 43.0 Å². The summed E-state index contributed by atoms with van der Waals surface area (Å²) in [5.74, 6) is 2.43. The van der Waals surface area contributed by atoms with E-state index in [0.29, 0.717) is 5.92 Å². The molecular formula is C14H30IN3O. The van der Waals surface area contributed by atoms with Crippen molar-refractivity contribution in [3.8, 4) is 0 Å². The van der Waals surface area contributed by atoms with E-state index < -0.39 is 0 Å². The first-order chi connectivity index (χ1) is 8.63. The van der Waals surface area contributed by atoms with Crippen molar-refractivity contribution < 1.29 is 4.74 Å². The molecule has 0 aromatic carbocycles. The van der Waals surface area contributed by atoms with Crippen LogP contribution in [0.4, 0.5) is 0 Å². The van der Waals surface area contributed by atoms with Gasteiger partial charge in [-0.3, -0.25) is 4.99 Å². The second kappa shape index (κ2) is 10.7. The third kappa shape index (κ3) is 9.49. The predicted molar refractivity (Wildman–Crippen MR) is 92.4 cm³/mol. The Hall–Kier alpha value is -0.0400. The molecule has 0 unspecified atom stereocenters. The number of rotatable bonds is 8. The van der Waals surface area contributed by atoms with Gasteiger partial charge in [-0.25, -0.2) is 0 Å². The minimum Gasteiger partial charge on any atom is -0.379 e. The van der Waals surface area contributed by atoms with Gasteiger partial charge < -0.3 is 15.0 Å². The van der Waals surface area contributed by atoms with Crippen LogP contribution < -0.4 is 5.32 Å². The predicted octanol–water partition coefficient (Wildman–Crippen LogP) is 2.58. The first kappa shape index (κ1) is 19.0. The maximum Gasteiger partial charge on any atom is 0.193 e. The molecule has 0 atom stereocenters. The van der Waals surface area contributed by atoms with E-state index in [0.717, 1.165) is 44.7 Å². The lowest BCUT2D eigenvalue weighted by molar-refractivity contribution is 0.115. The number of hydrogen-bond donors (Lipinski definition) is 1. The summed E-state index contributed by atoms with van der Waals surface area (Å²) in [4.78, 5) is 6.77. The van der Waals surface area contributed by atoms with Gasteiger partial charge in [0, 0.05) is 33.3 Å². The molecule has 5 heteroatoms. The van der Waals surface area contributed by atoms with E-state index >= 15 is 0 Å². The van der Waals surface area contributed by atoms with E-state index in [4.69, 9.17) is 4.74 Å². The summed E-state index contributed by atoms with van der Waals surface area (Å²) in [5, 5.41) is 3.32. The van der Waals surface area contributed by atoms with Crippen molar-refractivity contribution in [3.63, 3.8) is 0 Å². The van der Waals surface area contributed by atoms with Crippen LogP contribution in [-0.4, -0.2) is 50.8 Å². The number of guanidine groups is 1. The Morgan fingerprint density at radius 2 is 2.11 bits per heavy atom. The van der Waals surface area contributed by atoms with Crippen LogP contribution in [0, 0.1) is 11.8 Å². The largest absolute Gasteiger partial charge is 0.379 e. The Balaban J connectivity index is 0.00000324. The van der Waals surface area contributed by atoms with Gasteiger partial charge in [0.25, 0.3) is 0 Å². The monoisotopic (exact) mass is 383 g/mol. The first-order valence-corrected chi connectivity index (χ1v) is 7.20. The maximum absolute atomic E-state index is 5.66. The Morgan fingerprint density at radius 3 is 2.63 bits per heavy atom. The van der Waals surface area contributed by atoms with Crippen molar-refractivity contribution in [1.29, 1.82) is 0 Å². The van der Waals surface area contributed by atoms with Crippen molar-refractivity contribution in [3.05, 3.63) is 0 Å². The lowest BCUT2D eigenvalue weighted by Gasteiger charge is -2.22. The molecule has 1 fully saturated rings. The van der Waals surface area contributed by atoms with Crippen molar-refractivity contribution in [2.24, 2.45) is 16.8 Å². The molecule has 1 rings (SSSR count). The maximum atomic E-state index is 5.66. The lowest BCUT2D eigenvalue weighted by atomic mass is 10.2. The fourth-order valence-corrected chi connectivity index (χ4v) is 1.58. The van der Waals surface area contributed by atoms with Crippen LogP contribution in [0.3, 0.4) is 0 Å². The van der Waals surface area contributed by atoms with Crippen molar-refractivity contribution in [2.45, 2.75) is 33.6 Å². The Labute approximate surface area is 135 Å². The summed E-state index contributed by atoms with van der Waals surface area (Å²) in [5.41, 5.74) is 0. The standard InChI is InChI=1S/C14H29N3O.HI/c1-5-15-14(16-10-12(2)3)17(4)8-9-18-11-13-6-7-13;/h12-13H,5-11H2,1-4H3,(H,15,16);1H. The number of halogens is 1.